The second kappa shape index (κ2) is 7.33. The summed E-state index contributed by atoms with van der Waals surface area (Å²) in [6, 6.07) is 7.99. The lowest BCUT2D eigenvalue weighted by molar-refractivity contribution is 0.352. The molecule has 0 saturated carbocycles. The van der Waals surface area contributed by atoms with E-state index in [2.05, 4.69) is 13.2 Å². The molecule has 0 amide bonds. The Bertz CT molecular complexity index is 468. The van der Waals surface area contributed by atoms with Gasteiger partial charge in [-0.3, -0.25) is 0 Å². The van der Waals surface area contributed by atoms with E-state index >= 15 is 0 Å². The van der Waals surface area contributed by atoms with Crippen LogP contribution in [0.25, 0.3) is 0 Å². The molecule has 0 bridgehead atoms. The highest BCUT2D eigenvalue weighted by Gasteiger charge is 2.02. The highest BCUT2D eigenvalue weighted by atomic mass is 16.5. The van der Waals surface area contributed by atoms with E-state index in [1.54, 1.807) is 12.2 Å². The topological polar surface area (TPSA) is 9.23 Å². The molecule has 0 aliphatic heterocycles. The van der Waals surface area contributed by atoms with Crippen LogP contribution in [0.15, 0.2) is 72.9 Å². The number of allylic oxidation sites excluding steroid dienone is 4. The molecule has 0 atom stereocenters. The molecule has 0 heterocycles. The summed E-state index contributed by atoms with van der Waals surface area (Å²) in [6.07, 6.45) is 7.60. The van der Waals surface area contributed by atoms with E-state index in [1.165, 1.54) is 0 Å². The summed E-state index contributed by atoms with van der Waals surface area (Å²) < 4.78 is 5.83. The maximum absolute atomic E-state index is 5.83. The summed E-state index contributed by atoms with van der Waals surface area (Å²) in [5, 5.41) is 0. The van der Waals surface area contributed by atoms with Gasteiger partial charge in [0.05, 0.1) is 0 Å². The van der Waals surface area contributed by atoms with Crippen LogP contribution in [0.3, 0.4) is 0 Å². The Morgan fingerprint density at radius 3 is 2.44 bits per heavy atom. The van der Waals surface area contributed by atoms with Crippen LogP contribution in [0.1, 0.15) is 12.5 Å². The molecule has 0 unspecified atom stereocenters. The number of aryl methyl sites for hydroxylation is 1. The van der Waals surface area contributed by atoms with Crippen molar-refractivity contribution in [3.8, 4) is 5.75 Å². The van der Waals surface area contributed by atoms with Crippen molar-refractivity contribution in [3.63, 3.8) is 0 Å². The number of hydrogen-bond donors (Lipinski definition) is 0. The zero-order valence-corrected chi connectivity index (χ0v) is 11.1. The molecule has 0 radical (unpaired) electrons. The summed E-state index contributed by atoms with van der Waals surface area (Å²) in [4.78, 5) is 0. The number of benzene rings is 1. The van der Waals surface area contributed by atoms with Gasteiger partial charge in [-0.05, 0) is 36.6 Å². The summed E-state index contributed by atoms with van der Waals surface area (Å²) >= 11 is 0. The molecule has 0 saturated heterocycles. The lowest BCUT2D eigenvalue weighted by Crippen LogP contribution is -2.02. The van der Waals surface area contributed by atoms with Crippen LogP contribution >= 0.6 is 0 Å². The normalized spacial score (nSPS) is 10.1. The Hall–Kier alpha value is -2.02. The van der Waals surface area contributed by atoms with Gasteiger partial charge in [-0.25, -0.2) is 0 Å². The van der Waals surface area contributed by atoms with Crippen molar-refractivity contribution in [2.24, 2.45) is 0 Å². The van der Waals surface area contributed by atoms with Gasteiger partial charge < -0.3 is 4.74 Å². The second-order valence-electron chi connectivity index (χ2n) is 3.94. The van der Waals surface area contributed by atoms with Gasteiger partial charge in [0, 0.05) is 0 Å². The standard InChI is InChI=1S/C17H20O/c1-5-10-16(15(6-2)7-3)13-18-17-12-9-8-11-14(17)4/h5-12H,2-3,13H2,1,4H3/b10-5-. The van der Waals surface area contributed by atoms with Crippen molar-refractivity contribution >= 4 is 0 Å². The second-order valence-corrected chi connectivity index (χ2v) is 3.94. The van der Waals surface area contributed by atoms with Crippen molar-refractivity contribution in [2.75, 3.05) is 6.61 Å². The first-order valence-electron chi connectivity index (χ1n) is 6.02. The van der Waals surface area contributed by atoms with Gasteiger partial charge >= 0.3 is 0 Å². The molecule has 0 N–H and O–H groups in total. The van der Waals surface area contributed by atoms with E-state index in [4.69, 9.17) is 4.74 Å². The van der Waals surface area contributed by atoms with Crippen LogP contribution in [-0.4, -0.2) is 6.61 Å². The van der Waals surface area contributed by atoms with Gasteiger partial charge in [0.15, 0.2) is 0 Å². The van der Waals surface area contributed by atoms with Crippen LogP contribution < -0.4 is 4.74 Å². The van der Waals surface area contributed by atoms with E-state index in [0.29, 0.717) is 6.61 Å². The minimum absolute atomic E-state index is 0.516. The predicted molar refractivity (Wildman–Crippen MR) is 78.9 cm³/mol. The van der Waals surface area contributed by atoms with Gasteiger partial charge in [0.25, 0.3) is 0 Å². The molecule has 0 fully saturated rings. The zero-order chi connectivity index (χ0) is 13.4. The van der Waals surface area contributed by atoms with E-state index in [9.17, 15) is 0 Å². The van der Waals surface area contributed by atoms with Crippen LogP contribution in [0.5, 0.6) is 5.75 Å². The van der Waals surface area contributed by atoms with Gasteiger partial charge in [0.2, 0.25) is 0 Å². The maximum Gasteiger partial charge on any atom is 0.122 e. The fourth-order valence-corrected chi connectivity index (χ4v) is 1.65. The SMILES string of the molecule is C=CC(C=C)=C(/C=C\C)COc1ccccc1C. The first-order valence-corrected chi connectivity index (χ1v) is 6.02. The lowest BCUT2D eigenvalue weighted by Gasteiger charge is -2.11. The number of rotatable bonds is 6. The maximum atomic E-state index is 5.83. The van der Waals surface area contributed by atoms with E-state index in [1.807, 2.05) is 50.3 Å². The van der Waals surface area contributed by atoms with E-state index in [0.717, 1.165) is 22.5 Å². The third-order valence-corrected chi connectivity index (χ3v) is 2.66. The Balaban J connectivity index is 2.87. The van der Waals surface area contributed by atoms with Crippen molar-refractivity contribution < 1.29 is 4.74 Å². The van der Waals surface area contributed by atoms with Crippen molar-refractivity contribution in [3.05, 3.63) is 78.4 Å². The summed E-state index contributed by atoms with van der Waals surface area (Å²) in [5.74, 6) is 0.909. The molecule has 1 rings (SSSR count). The number of hydrogen-bond acceptors (Lipinski definition) is 1. The summed E-state index contributed by atoms with van der Waals surface area (Å²) in [5.41, 5.74) is 3.21. The lowest BCUT2D eigenvalue weighted by atomic mass is 10.1. The van der Waals surface area contributed by atoms with Crippen LogP contribution in [0.2, 0.25) is 0 Å². The molecular weight excluding hydrogens is 220 g/mol. The molecule has 0 aliphatic carbocycles. The van der Waals surface area contributed by atoms with Gasteiger partial charge in [-0.1, -0.05) is 55.7 Å². The third-order valence-electron chi connectivity index (χ3n) is 2.66. The molecule has 1 aromatic carbocycles. The summed E-state index contributed by atoms with van der Waals surface area (Å²) in [6.45, 7) is 12.1. The fourth-order valence-electron chi connectivity index (χ4n) is 1.65. The number of para-hydroxylation sites is 1. The minimum Gasteiger partial charge on any atom is -0.489 e. The largest absolute Gasteiger partial charge is 0.489 e. The smallest absolute Gasteiger partial charge is 0.122 e. The van der Waals surface area contributed by atoms with Gasteiger partial charge in [0.1, 0.15) is 12.4 Å². The predicted octanol–water partition coefficient (Wildman–Crippen LogP) is 4.62. The average molecular weight is 240 g/mol. The quantitative estimate of drug-likeness (QED) is 0.659. The first kappa shape index (κ1) is 14.0. The Labute approximate surface area is 110 Å². The molecule has 94 valence electrons. The van der Waals surface area contributed by atoms with Gasteiger partial charge in [-0.15, -0.1) is 0 Å². The molecule has 1 nitrogen and oxygen atoms in total. The van der Waals surface area contributed by atoms with Crippen LogP contribution in [0.4, 0.5) is 0 Å². The third kappa shape index (κ3) is 3.77. The van der Waals surface area contributed by atoms with E-state index < -0.39 is 0 Å². The van der Waals surface area contributed by atoms with Crippen molar-refractivity contribution in [1.82, 2.24) is 0 Å². The fraction of sp³-hybridized carbons (Fsp3) is 0.176. The molecule has 1 aromatic rings. The van der Waals surface area contributed by atoms with Gasteiger partial charge in [-0.2, -0.15) is 0 Å². The Morgan fingerprint density at radius 1 is 1.22 bits per heavy atom. The Kier molecular flexibility index (Phi) is 5.72. The molecular formula is C17H20O. The van der Waals surface area contributed by atoms with Crippen LogP contribution in [0, 0.1) is 6.92 Å². The zero-order valence-electron chi connectivity index (χ0n) is 11.1. The highest BCUT2D eigenvalue weighted by molar-refractivity contribution is 5.40. The minimum atomic E-state index is 0.516. The first-order chi connectivity index (χ1) is 8.72. The Morgan fingerprint density at radius 2 is 1.89 bits per heavy atom. The molecule has 0 spiro atoms. The molecule has 1 heteroatoms. The monoisotopic (exact) mass is 240 g/mol. The highest BCUT2D eigenvalue weighted by Crippen LogP contribution is 2.18. The molecule has 18 heavy (non-hydrogen) atoms. The van der Waals surface area contributed by atoms with Crippen molar-refractivity contribution in [1.29, 1.82) is 0 Å². The number of ether oxygens (including phenoxy) is 1. The molecule has 0 aromatic heterocycles. The van der Waals surface area contributed by atoms with E-state index in [-0.39, 0.29) is 0 Å². The average Bonchev–Trinajstić information content (AvgIpc) is 2.39. The summed E-state index contributed by atoms with van der Waals surface area (Å²) in [7, 11) is 0. The molecule has 0 aliphatic rings. The van der Waals surface area contributed by atoms with Crippen molar-refractivity contribution in [2.45, 2.75) is 13.8 Å². The van der Waals surface area contributed by atoms with Crippen LogP contribution in [-0.2, 0) is 0 Å².